The highest BCUT2D eigenvalue weighted by atomic mass is 16.6. The molecule has 9 nitrogen and oxygen atoms in total. The minimum absolute atomic E-state index is 0.113. The van der Waals surface area contributed by atoms with Crippen LogP contribution in [-0.4, -0.2) is 57.6 Å². The number of rotatable bonds is 5. The monoisotopic (exact) mass is 422 g/mol. The van der Waals surface area contributed by atoms with Crippen LogP contribution in [-0.2, 0) is 23.8 Å². The van der Waals surface area contributed by atoms with Crippen LogP contribution in [0.1, 0.15) is 17.5 Å². The molecule has 3 heterocycles. The molecule has 1 fully saturated rings. The van der Waals surface area contributed by atoms with Crippen LogP contribution in [0.25, 0.3) is 10.9 Å². The van der Waals surface area contributed by atoms with Gasteiger partial charge in [-0.15, -0.1) is 0 Å². The zero-order valence-corrected chi connectivity index (χ0v) is 17.9. The molecule has 1 aliphatic carbocycles. The average Bonchev–Trinajstić information content (AvgIpc) is 3.10. The van der Waals surface area contributed by atoms with Gasteiger partial charge in [-0.3, -0.25) is 15.0 Å². The third kappa shape index (κ3) is 3.07. The number of likely N-dealkylation sites (tertiary alicyclic amines) is 1. The lowest BCUT2D eigenvalue weighted by Gasteiger charge is -2.53. The maximum absolute atomic E-state index is 10.8. The SMILES string of the molecule is CO[C@]12C[C@@H](CNc3ncc([N+](=O)[O-])cn3)CN(C)[C@@H]1Cc1cn(C)c3cccc2c13. The van der Waals surface area contributed by atoms with Gasteiger partial charge in [-0.2, -0.15) is 0 Å². The Morgan fingerprint density at radius 3 is 2.81 bits per heavy atom. The van der Waals surface area contributed by atoms with E-state index in [4.69, 9.17) is 4.74 Å². The van der Waals surface area contributed by atoms with Crippen molar-refractivity contribution in [2.24, 2.45) is 13.0 Å². The summed E-state index contributed by atoms with van der Waals surface area (Å²) in [6, 6.07) is 6.77. The zero-order chi connectivity index (χ0) is 21.8. The second-order valence-corrected chi connectivity index (χ2v) is 8.69. The third-order valence-electron chi connectivity index (χ3n) is 6.93. The first-order chi connectivity index (χ1) is 14.9. The van der Waals surface area contributed by atoms with Crippen LogP contribution in [0.4, 0.5) is 11.6 Å². The van der Waals surface area contributed by atoms with Crippen molar-refractivity contribution in [1.29, 1.82) is 0 Å². The lowest BCUT2D eigenvalue weighted by Crippen LogP contribution is -2.60. The molecule has 0 spiro atoms. The number of likely N-dealkylation sites (N-methyl/N-ethyl adjacent to an activating group) is 1. The Morgan fingerprint density at radius 2 is 2.10 bits per heavy atom. The van der Waals surface area contributed by atoms with Crippen LogP contribution in [0.2, 0.25) is 0 Å². The number of piperidine rings is 1. The molecule has 0 bridgehead atoms. The number of benzene rings is 1. The van der Waals surface area contributed by atoms with E-state index in [0.717, 1.165) is 19.4 Å². The van der Waals surface area contributed by atoms with Crippen LogP contribution in [0.15, 0.2) is 36.8 Å². The molecule has 0 radical (unpaired) electrons. The fourth-order valence-electron chi connectivity index (χ4n) is 5.59. The van der Waals surface area contributed by atoms with E-state index in [9.17, 15) is 10.1 Å². The van der Waals surface area contributed by atoms with Crippen LogP contribution in [0.5, 0.6) is 0 Å². The Bertz CT molecular complexity index is 1140. The molecular weight excluding hydrogens is 396 g/mol. The van der Waals surface area contributed by atoms with E-state index in [1.54, 1.807) is 0 Å². The number of ether oxygens (including phenoxy) is 1. The normalized spacial score (nSPS) is 25.4. The van der Waals surface area contributed by atoms with Gasteiger partial charge in [-0.05, 0) is 43.0 Å². The number of aryl methyl sites for hydroxylation is 1. The highest BCUT2D eigenvalue weighted by Gasteiger charge is 2.51. The molecule has 31 heavy (non-hydrogen) atoms. The number of fused-ring (bicyclic) bond motifs is 2. The molecule has 1 aliphatic heterocycles. The van der Waals surface area contributed by atoms with Crippen LogP contribution < -0.4 is 5.32 Å². The summed E-state index contributed by atoms with van der Waals surface area (Å²) in [4.78, 5) is 20.9. The fourth-order valence-corrected chi connectivity index (χ4v) is 5.59. The molecule has 1 N–H and O–H groups in total. The summed E-state index contributed by atoms with van der Waals surface area (Å²) in [5.41, 5.74) is 3.39. The van der Waals surface area contributed by atoms with Crippen molar-refractivity contribution in [3.8, 4) is 0 Å². The Morgan fingerprint density at radius 1 is 1.32 bits per heavy atom. The summed E-state index contributed by atoms with van der Waals surface area (Å²) in [6.07, 6.45) is 6.55. The Labute approximate surface area is 180 Å². The minimum atomic E-state index is -0.496. The topological polar surface area (TPSA) is 98.3 Å². The van der Waals surface area contributed by atoms with E-state index in [1.165, 1.54) is 34.4 Å². The van der Waals surface area contributed by atoms with Crippen molar-refractivity contribution < 1.29 is 9.66 Å². The van der Waals surface area contributed by atoms with E-state index in [1.807, 2.05) is 7.11 Å². The molecule has 2 aliphatic rings. The molecule has 0 unspecified atom stereocenters. The van der Waals surface area contributed by atoms with Gasteiger partial charge in [0.1, 0.15) is 18.0 Å². The van der Waals surface area contributed by atoms with Crippen molar-refractivity contribution in [2.45, 2.75) is 24.5 Å². The number of nitro groups is 1. The second kappa shape index (κ2) is 7.28. The molecule has 5 rings (SSSR count). The summed E-state index contributed by atoms with van der Waals surface area (Å²) in [5, 5.41) is 15.4. The first-order valence-corrected chi connectivity index (χ1v) is 10.5. The van der Waals surface area contributed by atoms with E-state index in [2.05, 4.69) is 63.2 Å². The first kappa shape index (κ1) is 19.9. The molecule has 0 saturated carbocycles. The van der Waals surface area contributed by atoms with Crippen molar-refractivity contribution in [3.05, 3.63) is 58.0 Å². The predicted octanol–water partition coefficient (Wildman–Crippen LogP) is 2.71. The molecule has 3 atom stereocenters. The Hall–Kier alpha value is -3.04. The molecule has 2 aromatic heterocycles. The van der Waals surface area contributed by atoms with Gasteiger partial charge in [0.05, 0.1) is 4.92 Å². The van der Waals surface area contributed by atoms with Crippen LogP contribution in [0, 0.1) is 16.0 Å². The van der Waals surface area contributed by atoms with E-state index in [-0.39, 0.29) is 17.3 Å². The minimum Gasteiger partial charge on any atom is -0.372 e. The van der Waals surface area contributed by atoms with Gasteiger partial charge in [-0.25, -0.2) is 9.97 Å². The number of nitrogens with zero attached hydrogens (tertiary/aromatic N) is 5. The summed E-state index contributed by atoms with van der Waals surface area (Å²) >= 11 is 0. The molecule has 162 valence electrons. The standard InChI is InChI=1S/C22H26N6O3/c1-26-13-15-7-19-22(31-3,17-5-4-6-18(26)20(15)17)8-14(12-27(19)2)9-23-21-24-10-16(11-25-21)28(29)30/h4-6,10-11,13-14,19H,7-9,12H2,1-3H3,(H,23,24,25)/t14-,19+,22-/m0/s1. The molecule has 1 aromatic carbocycles. The number of aromatic nitrogens is 3. The number of anilines is 1. The summed E-state index contributed by atoms with van der Waals surface area (Å²) in [7, 11) is 6.09. The lowest BCUT2D eigenvalue weighted by molar-refractivity contribution is -0.385. The van der Waals surface area contributed by atoms with Gasteiger partial charge in [-0.1, -0.05) is 12.1 Å². The number of nitrogens with one attached hydrogen (secondary N) is 1. The van der Waals surface area contributed by atoms with Gasteiger partial charge >= 0.3 is 5.69 Å². The first-order valence-electron chi connectivity index (χ1n) is 10.5. The highest BCUT2D eigenvalue weighted by molar-refractivity contribution is 5.89. The smallest absolute Gasteiger partial charge is 0.305 e. The summed E-state index contributed by atoms with van der Waals surface area (Å²) < 4.78 is 8.56. The van der Waals surface area contributed by atoms with E-state index < -0.39 is 4.92 Å². The molecule has 9 heteroatoms. The van der Waals surface area contributed by atoms with Gasteiger partial charge in [0.15, 0.2) is 0 Å². The number of hydrogen-bond acceptors (Lipinski definition) is 7. The summed E-state index contributed by atoms with van der Waals surface area (Å²) in [6.45, 7) is 1.59. The highest BCUT2D eigenvalue weighted by Crippen LogP contribution is 2.49. The Balaban J connectivity index is 1.43. The van der Waals surface area contributed by atoms with Crippen LogP contribution >= 0.6 is 0 Å². The predicted molar refractivity (Wildman–Crippen MR) is 117 cm³/mol. The molecular formula is C22H26N6O3. The Kier molecular flexibility index (Phi) is 4.67. The maximum Gasteiger partial charge on any atom is 0.305 e. The van der Waals surface area contributed by atoms with Crippen LogP contribution in [0.3, 0.4) is 0 Å². The van der Waals surface area contributed by atoms with Crippen molar-refractivity contribution >= 4 is 22.5 Å². The van der Waals surface area contributed by atoms with Crippen molar-refractivity contribution in [2.75, 3.05) is 32.6 Å². The largest absolute Gasteiger partial charge is 0.372 e. The zero-order valence-electron chi connectivity index (χ0n) is 17.9. The van der Waals surface area contributed by atoms with Gasteiger partial charge < -0.3 is 14.6 Å². The number of methoxy groups -OCH3 is 1. The molecule has 3 aromatic rings. The second-order valence-electron chi connectivity index (χ2n) is 8.69. The van der Waals surface area contributed by atoms with Gasteiger partial charge in [0.25, 0.3) is 0 Å². The lowest BCUT2D eigenvalue weighted by atomic mass is 9.68. The summed E-state index contributed by atoms with van der Waals surface area (Å²) in [5.74, 6) is 0.707. The number of hydrogen-bond donors (Lipinski definition) is 1. The molecule has 0 amide bonds. The average molecular weight is 422 g/mol. The third-order valence-corrected chi connectivity index (χ3v) is 6.93. The fraction of sp³-hybridized carbons (Fsp3) is 0.455. The molecule has 1 saturated heterocycles. The van der Waals surface area contributed by atoms with Gasteiger partial charge in [0.2, 0.25) is 5.95 Å². The van der Waals surface area contributed by atoms with E-state index in [0.29, 0.717) is 18.4 Å². The van der Waals surface area contributed by atoms with Gasteiger partial charge in [0, 0.05) is 50.4 Å². The quantitative estimate of drug-likeness (QED) is 0.499. The van der Waals surface area contributed by atoms with E-state index >= 15 is 0 Å². The maximum atomic E-state index is 10.8. The van der Waals surface area contributed by atoms with Crippen molar-refractivity contribution in [1.82, 2.24) is 19.4 Å². The van der Waals surface area contributed by atoms with Crippen molar-refractivity contribution in [3.63, 3.8) is 0 Å².